The Hall–Kier alpha value is -1.14. The second-order valence-corrected chi connectivity index (χ2v) is 6.68. The molecule has 0 saturated carbocycles. The molecule has 2 atom stereocenters. The maximum absolute atomic E-state index is 10.2. The summed E-state index contributed by atoms with van der Waals surface area (Å²) in [4.78, 5) is 0. The van der Waals surface area contributed by atoms with Gasteiger partial charge in [-0.25, -0.2) is 0 Å². The number of rotatable bonds is 11. The fourth-order valence-corrected chi connectivity index (χ4v) is 2.54. The first-order valence-corrected chi connectivity index (χ1v) is 8.38. The summed E-state index contributed by atoms with van der Waals surface area (Å²) in [6.07, 6.45) is 0.918. The van der Waals surface area contributed by atoms with E-state index in [1.807, 2.05) is 45.9 Å². The van der Waals surface area contributed by atoms with Gasteiger partial charge in [-0.15, -0.1) is 0 Å². The Kier molecular flexibility index (Phi) is 8.70. The van der Waals surface area contributed by atoms with E-state index in [2.05, 4.69) is 0 Å². The molecule has 0 spiro atoms. The smallest absolute Gasteiger partial charge is 0.188 e. The second kappa shape index (κ2) is 9.99. The van der Waals surface area contributed by atoms with E-state index in [-0.39, 0.29) is 25.6 Å². The molecule has 0 aliphatic heterocycles. The molecule has 0 bridgehead atoms. The minimum atomic E-state index is -0.622. The van der Waals surface area contributed by atoms with Gasteiger partial charge < -0.3 is 24.1 Å². The summed E-state index contributed by atoms with van der Waals surface area (Å²) in [5.41, 5.74) is 1.40. The molecular weight excluding hydrogens is 308 g/mol. The number of ether oxygens (including phenoxy) is 4. The number of aryl methyl sites for hydroxylation is 1. The molecule has 138 valence electrons. The molecule has 1 rings (SSSR count). The van der Waals surface area contributed by atoms with Crippen molar-refractivity contribution in [2.45, 2.75) is 52.2 Å². The predicted molar refractivity (Wildman–Crippen MR) is 94.1 cm³/mol. The van der Waals surface area contributed by atoms with Gasteiger partial charge in [0.15, 0.2) is 6.79 Å². The van der Waals surface area contributed by atoms with Crippen LogP contribution in [0.5, 0.6) is 5.75 Å². The van der Waals surface area contributed by atoms with Crippen molar-refractivity contribution in [2.24, 2.45) is 5.92 Å². The van der Waals surface area contributed by atoms with E-state index in [4.69, 9.17) is 18.9 Å². The summed E-state index contributed by atoms with van der Waals surface area (Å²) in [6, 6.07) is 6.02. The number of aliphatic hydroxyl groups is 1. The molecule has 1 aromatic rings. The molecule has 0 aliphatic rings. The van der Waals surface area contributed by atoms with Gasteiger partial charge in [-0.3, -0.25) is 0 Å². The van der Waals surface area contributed by atoms with Crippen LogP contribution < -0.4 is 4.74 Å². The maximum atomic E-state index is 10.2. The van der Waals surface area contributed by atoms with Crippen LogP contribution in [0.25, 0.3) is 0 Å². The van der Waals surface area contributed by atoms with Gasteiger partial charge in [0.25, 0.3) is 0 Å². The lowest BCUT2D eigenvalue weighted by Crippen LogP contribution is -2.30. The molecule has 0 radical (unpaired) electrons. The summed E-state index contributed by atoms with van der Waals surface area (Å²) in [5, 5.41) is 10.2. The van der Waals surface area contributed by atoms with Crippen LogP contribution in [0.15, 0.2) is 18.2 Å². The lowest BCUT2D eigenvalue weighted by atomic mass is 9.87. The summed E-state index contributed by atoms with van der Waals surface area (Å²) >= 11 is 0. The molecule has 2 unspecified atom stereocenters. The Balaban J connectivity index is 3.09. The maximum Gasteiger partial charge on any atom is 0.188 e. The van der Waals surface area contributed by atoms with Gasteiger partial charge >= 0.3 is 0 Å². The zero-order chi connectivity index (χ0) is 18.2. The van der Waals surface area contributed by atoms with Crippen LogP contribution >= 0.6 is 0 Å². The van der Waals surface area contributed by atoms with Gasteiger partial charge in [-0.1, -0.05) is 26.0 Å². The van der Waals surface area contributed by atoms with Crippen LogP contribution in [-0.2, 0) is 19.8 Å². The van der Waals surface area contributed by atoms with Crippen molar-refractivity contribution in [3.63, 3.8) is 0 Å². The molecule has 1 aromatic carbocycles. The molecule has 5 nitrogen and oxygen atoms in total. The Bertz CT molecular complexity index is 489. The van der Waals surface area contributed by atoms with Crippen LogP contribution in [0, 0.1) is 12.8 Å². The SMILES string of the molecule is COCOc1cc(C)ccc1C(C)(CCC(O)C(C)C)OCOC. The second-order valence-electron chi connectivity index (χ2n) is 6.68. The molecule has 0 fully saturated rings. The highest BCUT2D eigenvalue weighted by molar-refractivity contribution is 5.41. The van der Waals surface area contributed by atoms with Gasteiger partial charge in [-0.2, -0.15) is 0 Å². The van der Waals surface area contributed by atoms with Gasteiger partial charge in [0.2, 0.25) is 0 Å². The van der Waals surface area contributed by atoms with Gasteiger partial charge in [0.05, 0.1) is 11.7 Å². The molecule has 0 aromatic heterocycles. The standard InChI is InChI=1S/C19H32O5/c1-14(2)17(20)9-10-19(4,24-13-22-6)16-8-7-15(3)11-18(16)23-12-21-5/h7-8,11,14,17,20H,9-10,12-13H2,1-6H3. The largest absolute Gasteiger partial charge is 0.467 e. The van der Waals surface area contributed by atoms with E-state index < -0.39 is 5.60 Å². The van der Waals surface area contributed by atoms with Crippen molar-refractivity contribution in [2.75, 3.05) is 27.8 Å². The fraction of sp³-hybridized carbons (Fsp3) is 0.684. The molecule has 0 saturated heterocycles. The monoisotopic (exact) mass is 340 g/mol. The summed E-state index contributed by atoms with van der Waals surface area (Å²) in [5.74, 6) is 0.938. The van der Waals surface area contributed by atoms with Crippen molar-refractivity contribution < 1.29 is 24.1 Å². The van der Waals surface area contributed by atoms with Crippen LogP contribution in [-0.4, -0.2) is 39.0 Å². The molecule has 0 amide bonds. The van der Waals surface area contributed by atoms with Gasteiger partial charge in [0.1, 0.15) is 12.5 Å². The van der Waals surface area contributed by atoms with Crippen molar-refractivity contribution in [1.82, 2.24) is 0 Å². The first-order valence-electron chi connectivity index (χ1n) is 8.38. The minimum absolute atomic E-state index is 0.172. The van der Waals surface area contributed by atoms with E-state index in [1.165, 1.54) is 0 Å². The molecule has 0 heterocycles. The molecule has 1 N–H and O–H groups in total. The fourth-order valence-electron chi connectivity index (χ4n) is 2.54. The first-order chi connectivity index (χ1) is 11.3. The average molecular weight is 340 g/mol. The van der Waals surface area contributed by atoms with Crippen molar-refractivity contribution in [1.29, 1.82) is 0 Å². The zero-order valence-corrected chi connectivity index (χ0v) is 15.8. The van der Waals surface area contributed by atoms with E-state index in [9.17, 15) is 5.11 Å². The Morgan fingerprint density at radius 2 is 1.79 bits per heavy atom. The number of methoxy groups -OCH3 is 2. The van der Waals surface area contributed by atoms with E-state index >= 15 is 0 Å². The van der Waals surface area contributed by atoms with E-state index in [1.54, 1.807) is 14.2 Å². The van der Waals surface area contributed by atoms with Gasteiger partial charge in [0, 0.05) is 19.8 Å². The van der Waals surface area contributed by atoms with E-state index in [0.29, 0.717) is 12.8 Å². The van der Waals surface area contributed by atoms with Gasteiger partial charge in [-0.05, 0) is 44.2 Å². The third-order valence-electron chi connectivity index (χ3n) is 4.22. The number of hydrogen-bond donors (Lipinski definition) is 1. The molecule has 0 aliphatic carbocycles. The number of aliphatic hydroxyl groups excluding tert-OH is 1. The van der Waals surface area contributed by atoms with Crippen molar-refractivity contribution in [3.05, 3.63) is 29.3 Å². The summed E-state index contributed by atoms with van der Waals surface area (Å²) in [7, 11) is 3.19. The minimum Gasteiger partial charge on any atom is -0.467 e. The highest BCUT2D eigenvalue weighted by atomic mass is 16.7. The Labute approximate surface area is 145 Å². The quantitative estimate of drug-likeness (QED) is 0.624. The highest BCUT2D eigenvalue weighted by Gasteiger charge is 2.32. The van der Waals surface area contributed by atoms with Crippen molar-refractivity contribution >= 4 is 0 Å². The topological polar surface area (TPSA) is 57.2 Å². The average Bonchev–Trinajstić information content (AvgIpc) is 2.55. The molecule has 5 heteroatoms. The summed E-state index contributed by atoms with van der Waals surface area (Å²) < 4.78 is 21.9. The highest BCUT2D eigenvalue weighted by Crippen LogP contribution is 2.38. The number of hydrogen-bond acceptors (Lipinski definition) is 5. The predicted octanol–water partition coefficient (Wildman–Crippen LogP) is 3.61. The van der Waals surface area contributed by atoms with Crippen molar-refractivity contribution in [3.8, 4) is 5.75 Å². The normalized spacial score (nSPS) is 15.3. The Morgan fingerprint density at radius 1 is 1.12 bits per heavy atom. The first kappa shape index (κ1) is 20.9. The lowest BCUT2D eigenvalue weighted by molar-refractivity contribution is -0.135. The zero-order valence-electron chi connectivity index (χ0n) is 15.8. The van der Waals surface area contributed by atoms with Crippen LogP contribution in [0.1, 0.15) is 44.7 Å². The third-order valence-corrected chi connectivity index (χ3v) is 4.22. The van der Waals surface area contributed by atoms with Crippen LogP contribution in [0.4, 0.5) is 0 Å². The lowest BCUT2D eigenvalue weighted by Gasteiger charge is -2.33. The molecular formula is C19H32O5. The third kappa shape index (κ3) is 6.06. The number of benzene rings is 1. The van der Waals surface area contributed by atoms with Crippen LogP contribution in [0.3, 0.4) is 0 Å². The summed E-state index contributed by atoms with van der Waals surface area (Å²) in [6.45, 7) is 8.38. The Morgan fingerprint density at radius 3 is 2.38 bits per heavy atom. The molecule has 24 heavy (non-hydrogen) atoms. The van der Waals surface area contributed by atoms with E-state index in [0.717, 1.165) is 16.9 Å². The van der Waals surface area contributed by atoms with Crippen LogP contribution in [0.2, 0.25) is 0 Å².